The molecule has 1 fully saturated rings. The highest BCUT2D eigenvalue weighted by atomic mass is 32.2. The highest BCUT2D eigenvalue weighted by molar-refractivity contribution is 7.91. The summed E-state index contributed by atoms with van der Waals surface area (Å²) in [6, 6.07) is 4.84. The van der Waals surface area contributed by atoms with Gasteiger partial charge < -0.3 is 19.5 Å². The van der Waals surface area contributed by atoms with Gasteiger partial charge in [0.25, 0.3) is 5.91 Å². The number of hydrogen-bond donors (Lipinski definition) is 1. The summed E-state index contributed by atoms with van der Waals surface area (Å²) in [5, 5.41) is 2.61. The molecule has 0 unspecified atom stereocenters. The fraction of sp³-hybridized carbons (Fsp3) is 0.500. The van der Waals surface area contributed by atoms with E-state index < -0.39 is 33.7 Å². The highest BCUT2D eigenvalue weighted by Gasteiger charge is 2.35. The molecule has 1 saturated heterocycles. The van der Waals surface area contributed by atoms with E-state index in [2.05, 4.69) is 5.32 Å². The van der Waals surface area contributed by atoms with Gasteiger partial charge in [0.15, 0.2) is 15.9 Å². The Kier molecular flexibility index (Phi) is 5.89. The maximum atomic E-state index is 12.2. The Balaban J connectivity index is 1.97. The van der Waals surface area contributed by atoms with Crippen LogP contribution in [0.15, 0.2) is 18.2 Å². The summed E-state index contributed by atoms with van der Waals surface area (Å²) in [6.45, 7) is 1.42. The molecule has 1 aromatic carbocycles. The van der Waals surface area contributed by atoms with Gasteiger partial charge in [-0.25, -0.2) is 8.42 Å². The first kappa shape index (κ1) is 19.0. The van der Waals surface area contributed by atoms with Gasteiger partial charge in [0.05, 0.1) is 31.6 Å². The normalized spacial score (nSPS) is 19.7. The van der Waals surface area contributed by atoms with Crippen LogP contribution in [-0.2, 0) is 24.2 Å². The Morgan fingerprint density at radius 3 is 2.24 bits per heavy atom. The second-order valence-corrected chi connectivity index (χ2v) is 8.00. The number of methoxy groups -OCH3 is 2. The van der Waals surface area contributed by atoms with Crippen molar-refractivity contribution in [2.45, 2.75) is 19.4 Å². The molecule has 0 aliphatic carbocycles. The standard InChI is InChI=1S/C16H21NO7S/c1-10(24-16(19)11-4-5-25(20,21)9-11)15(18)17-12-6-13(22-2)8-14(7-12)23-3/h6-8,10-11H,4-5,9H2,1-3H3,(H,17,18)/t10-,11+/m0/s1. The van der Waals surface area contributed by atoms with Gasteiger partial charge in [0.2, 0.25) is 0 Å². The molecular formula is C16H21NO7S. The smallest absolute Gasteiger partial charge is 0.310 e. The van der Waals surface area contributed by atoms with Crippen molar-refractivity contribution in [2.75, 3.05) is 31.0 Å². The Bertz CT molecular complexity index is 737. The molecule has 1 N–H and O–H groups in total. The van der Waals surface area contributed by atoms with Crippen LogP contribution in [0.1, 0.15) is 13.3 Å². The van der Waals surface area contributed by atoms with Gasteiger partial charge in [-0.3, -0.25) is 9.59 Å². The first-order chi connectivity index (χ1) is 11.7. The number of ether oxygens (including phenoxy) is 3. The molecule has 1 aliphatic rings. The largest absolute Gasteiger partial charge is 0.497 e. The molecule has 2 rings (SSSR count). The van der Waals surface area contributed by atoms with E-state index in [0.29, 0.717) is 17.2 Å². The van der Waals surface area contributed by atoms with E-state index in [1.807, 2.05) is 0 Å². The minimum absolute atomic E-state index is 0.0308. The van der Waals surface area contributed by atoms with Gasteiger partial charge in [-0.15, -0.1) is 0 Å². The second-order valence-electron chi connectivity index (χ2n) is 5.77. The number of carbonyl (C=O) groups excluding carboxylic acids is 2. The van der Waals surface area contributed by atoms with Crippen molar-refractivity contribution >= 4 is 27.4 Å². The molecule has 1 aliphatic heterocycles. The van der Waals surface area contributed by atoms with Crippen LogP contribution in [0.3, 0.4) is 0 Å². The SMILES string of the molecule is COc1cc(NC(=O)[C@H](C)OC(=O)[C@@H]2CCS(=O)(=O)C2)cc(OC)c1. The molecule has 0 saturated carbocycles. The van der Waals surface area contributed by atoms with E-state index >= 15 is 0 Å². The number of sulfone groups is 1. The predicted molar refractivity (Wildman–Crippen MR) is 90.5 cm³/mol. The van der Waals surface area contributed by atoms with Gasteiger partial charge in [0.1, 0.15) is 11.5 Å². The summed E-state index contributed by atoms with van der Waals surface area (Å²) in [5.41, 5.74) is 0.424. The lowest BCUT2D eigenvalue weighted by molar-refractivity contribution is -0.156. The van der Waals surface area contributed by atoms with Crippen molar-refractivity contribution in [3.8, 4) is 11.5 Å². The van der Waals surface area contributed by atoms with Crippen LogP contribution in [-0.4, -0.2) is 52.1 Å². The van der Waals surface area contributed by atoms with E-state index in [9.17, 15) is 18.0 Å². The van der Waals surface area contributed by atoms with Crippen molar-refractivity contribution < 1.29 is 32.2 Å². The van der Waals surface area contributed by atoms with E-state index in [4.69, 9.17) is 14.2 Å². The van der Waals surface area contributed by atoms with Crippen LogP contribution in [0.25, 0.3) is 0 Å². The van der Waals surface area contributed by atoms with Crippen LogP contribution < -0.4 is 14.8 Å². The third kappa shape index (κ3) is 5.09. The Hall–Kier alpha value is -2.29. The van der Waals surface area contributed by atoms with Gasteiger partial charge >= 0.3 is 5.97 Å². The number of anilines is 1. The van der Waals surface area contributed by atoms with Crippen LogP contribution in [0.2, 0.25) is 0 Å². The molecular weight excluding hydrogens is 350 g/mol. The summed E-state index contributed by atoms with van der Waals surface area (Å²) in [4.78, 5) is 24.2. The van der Waals surface area contributed by atoms with Crippen LogP contribution in [0, 0.1) is 5.92 Å². The van der Waals surface area contributed by atoms with Gasteiger partial charge in [-0.05, 0) is 13.3 Å². The number of nitrogens with one attached hydrogen (secondary N) is 1. The molecule has 1 heterocycles. The van der Waals surface area contributed by atoms with Crippen molar-refractivity contribution in [1.29, 1.82) is 0 Å². The fourth-order valence-corrected chi connectivity index (χ4v) is 4.15. The lowest BCUT2D eigenvalue weighted by Crippen LogP contribution is -2.32. The molecule has 0 bridgehead atoms. The molecule has 2 atom stereocenters. The van der Waals surface area contributed by atoms with E-state index in [1.165, 1.54) is 21.1 Å². The first-order valence-corrected chi connectivity index (χ1v) is 9.51. The average molecular weight is 371 g/mol. The second kappa shape index (κ2) is 7.73. The molecule has 9 heteroatoms. The molecule has 1 amide bonds. The summed E-state index contributed by atoms with van der Waals surface area (Å²) in [5.74, 6) is -1.19. The number of esters is 1. The summed E-state index contributed by atoms with van der Waals surface area (Å²) in [7, 11) is -0.217. The number of rotatable bonds is 6. The average Bonchev–Trinajstić information content (AvgIpc) is 2.94. The zero-order valence-electron chi connectivity index (χ0n) is 14.3. The summed E-state index contributed by atoms with van der Waals surface area (Å²) >= 11 is 0. The topological polar surface area (TPSA) is 108 Å². The Morgan fingerprint density at radius 1 is 1.16 bits per heavy atom. The van der Waals surface area contributed by atoms with Crippen molar-refractivity contribution in [3.63, 3.8) is 0 Å². The molecule has 0 aromatic heterocycles. The molecule has 0 radical (unpaired) electrons. The zero-order chi connectivity index (χ0) is 18.6. The summed E-state index contributed by atoms with van der Waals surface area (Å²) < 4.78 is 38.2. The lowest BCUT2D eigenvalue weighted by atomic mass is 10.1. The Morgan fingerprint density at radius 2 is 1.76 bits per heavy atom. The first-order valence-electron chi connectivity index (χ1n) is 7.69. The van der Waals surface area contributed by atoms with Gasteiger partial charge in [0, 0.05) is 23.9 Å². The maximum absolute atomic E-state index is 12.2. The minimum atomic E-state index is -3.19. The van der Waals surface area contributed by atoms with Gasteiger partial charge in [-0.2, -0.15) is 0 Å². The minimum Gasteiger partial charge on any atom is -0.497 e. The van der Waals surface area contributed by atoms with E-state index in [1.54, 1.807) is 18.2 Å². The third-order valence-corrected chi connectivity index (χ3v) is 5.61. The van der Waals surface area contributed by atoms with E-state index in [-0.39, 0.29) is 17.9 Å². The molecule has 138 valence electrons. The molecule has 0 spiro atoms. The predicted octanol–water partition coefficient (Wildman–Crippen LogP) is 1.01. The quantitative estimate of drug-likeness (QED) is 0.744. The third-order valence-electron chi connectivity index (χ3n) is 3.85. The molecule has 8 nitrogen and oxygen atoms in total. The fourth-order valence-electron chi connectivity index (χ4n) is 2.43. The van der Waals surface area contributed by atoms with Crippen molar-refractivity contribution in [3.05, 3.63) is 18.2 Å². The van der Waals surface area contributed by atoms with E-state index in [0.717, 1.165) is 0 Å². The zero-order valence-corrected chi connectivity index (χ0v) is 15.1. The number of benzene rings is 1. The van der Waals surface area contributed by atoms with Crippen LogP contribution in [0.4, 0.5) is 5.69 Å². The number of carbonyl (C=O) groups is 2. The number of hydrogen-bond acceptors (Lipinski definition) is 7. The number of amides is 1. The maximum Gasteiger partial charge on any atom is 0.310 e. The van der Waals surface area contributed by atoms with Crippen molar-refractivity contribution in [1.82, 2.24) is 0 Å². The van der Waals surface area contributed by atoms with Crippen LogP contribution >= 0.6 is 0 Å². The summed E-state index contributed by atoms with van der Waals surface area (Å²) in [6.07, 6.45) is -0.837. The highest BCUT2D eigenvalue weighted by Crippen LogP contribution is 2.26. The van der Waals surface area contributed by atoms with Crippen molar-refractivity contribution in [2.24, 2.45) is 5.92 Å². The Labute approximate surface area is 146 Å². The van der Waals surface area contributed by atoms with Crippen LogP contribution in [0.5, 0.6) is 11.5 Å². The van der Waals surface area contributed by atoms with Gasteiger partial charge in [-0.1, -0.05) is 0 Å². The monoisotopic (exact) mass is 371 g/mol. The lowest BCUT2D eigenvalue weighted by Gasteiger charge is -2.16. The molecule has 1 aromatic rings. The molecule has 25 heavy (non-hydrogen) atoms.